The molecule has 1 amide bonds. The Morgan fingerprint density at radius 3 is 2.80 bits per heavy atom. The Labute approximate surface area is 150 Å². The molecule has 1 atom stereocenters. The van der Waals surface area contributed by atoms with Gasteiger partial charge in [-0.3, -0.25) is 14.6 Å². The van der Waals surface area contributed by atoms with Crippen LogP contribution in [0.15, 0.2) is 29.0 Å². The first-order valence-corrected chi connectivity index (χ1v) is 8.93. The molecular formula is C18H20N2O4S. The van der Waals surface area contributed by atoms with Crippen molar-refractivity contribution in [2.75, 3.05) is 26.8 Å². The summed E-state index contributed by atoms with van der Waals surface area (Å²) < 4.78 is 5.07. The number of carbonyl (C=O) groups is 2. The Kier molecular flexibility index (Phi) is 4.87. The maximum atomic E-state index is 12.8. The average molecular weight is 360 g/mol. The summed E-state index contributed by atoms with van der Waals surface area (Å²) in [6, 6.07) is 5.59. The van der Waals surface area contributed by atoms with Crippen LogP contribution in [0.25, 0.3) is 11.3 Å². The number of methoxy groups -OCH3 is 1. The van der Waals surface area contributed by atoms with Gasteiger partial charge in [-0.15, -0.1) is 0 Å². The number of hydrogen-bond acceptors (Lipinski definition) is 5. The van der Waals surface area contributed by atoms with Gasteiger partial charge in [-0.2, -0.15) is 11.3 Å². The van der Waals surface area contributed by atoms with Gasteiger partial charge in [0, 0.05) is 31.1 Å². The van der Waals surface area contributed by atoms with Crippen LogP contribution >= 0.6 is 11.3 Å². The molecule has 0 aliphatic carbocycles. The lowest BCUT2D eigenvalue weighted by atomic mass is 9.88. The first kappa shape index (κ1) is 17.6. The van der Waals surface area contributed by atoms with E-state index in [1.165, 1.54) is 7.11 Å². The number of aryl methyl sites for hydroxylation is 1. The minimum Gasteiger partial charge on any atom is -0.481 e. The zero-order valence-electron chi connectivity index (χ0n) is 14.2. The van der Waals surface area contributed by atoms with E-state index in [1.807, 2.05) is 22.9 Å². The topological polar surface area (TPSA) is 79.7 Å². The Balaban J connectivity index is 1.81. The molecule has 6 nitrogen and oxygen atoms in total. The third kappa shape index (κ3) is 3.29. The van der Waals surface area contributed by atoms with Gasteiger partial charge in [0.1, 0.15) is 5.41 Å². The van der Waals surface area contributed by atoms with Crippen LogP contribution in [0, 0.1) is 12.3 Å². The molecule has 0 aromatic carbocycles. The van der Waals surface area contributed by atoms with Gasteiger partial charge >= 0.3 is 5.97 Å². The Hall–Kier alpha value is -2.25. The molecule has 2 aromatic rings. The molecule has 3 rings (SSSR count). The second-order valence-corrected chi connectivity index (χ2v) is 7.12. The van der Waals surface area contributed by atoms with Gasteiger partial charge in [-0.25, -0.2) is 0 Å². The lowest BCUT2D eigenvalue weighted by molar-refractivity contribution is -0.151. The van der Waals surface area contributed by atoms with Crippen molar-refractivity contribution in [3.05, 3.63) is 40.2 Å². The van der Waals surface area contributed by atoms with E-state index in [0.29, 0.717) is 24.2 Å². The Bertz CT molecular complexity index is 790. The number of thiophene rings is 1. The van der Waals surface area contributed by atoms with Crippen LogP contribution in [0.3, 0.4) is 0 Å². The van der Waals surface area contributed by atoms with E-state index >= 15 is 0 Å². The van der Waals surface area contributed by atoms with Crippen molar-refractivity contribution in [3.63, 3.8) is 0 Å². The summed E-state index contributed by atoms with van der Waals surface area (Å²) in [5.74, 6) is -1.10. The number of nitrogens with zero attached hydrogens (tertiary/aromatic N) is 2. The lowest BCUT2D eigenvalue weighted by Crippen LogP contribution is -2.40. The Morgan fingerprint density at radius 2 is 2.20 bits per heavy atom. The number of carboxylic acids is 1. The minimum atomic E-state index is -1.03. The van der Waals surface area contributed by atoms with E-state index in [2.05, 4.69) is 4.98 Å². The fourth-order valence-electron chi connectivity index (χ4n) is 3.20. The molecule has 3 heterocycles. The van der Waals surface area contributed by atoms with Gasteiger partial charge < -0.3 is 14.7 Å². The predicted octanol–water partition coefficient (Wildman–Crippen LogP) is 2.68. The fourth-order valence-corrected chi connectivity index (χ4v) is 3.85. The average Bonchev–Trinajstić information content (AvgIpc) is 3.25. The maximum Gasteiger partial charge on any atom is 0.313 e. The summed E-state index contributed by atoms with van der Waals surface area (Å²) >= 11 is 1.60. The summed E-state index contributed by atoms with van der Waals surface area (Å²) in [7, 11) is 1.48. The van der Waals surface area contributed by atoms with Gasteiger partial charge in [-0.05, 0) is 36.9 Å². The molecule has 1 aliphatic heterocycles. The quantitative estimate of drug-likeness (QED) is 0.887. The molecule has 132 valence electrons. The highest BCUT2D eigenvalue weighted by Crippen LogP contribution is 2.32. The molecule has 2 aromatic heterocycles. The van der Waals surface area contributed by atoms with Crippen LogP contribution in [0.1, 0.15) is 22.5 Å². The molecule has 0 spiro atoms. The summed E-state index contributed by atoms with van der Waals surface area (Å²) in [4.78, 5) is 30.6. The fraction of sp³-hybridized carbons (Fsp3) is 0.389. The van der Waals surface area contributed by atoms with E-state index in [9.17, 15) is 14.7 Å². The van der Waals surface area contributed by atoms with Crippen LogP contribution in [0.4, 0.5) is 0 Å². The third-order valence-corrected chi connectivity index (χ3v) is 5.33. The smallest absolute Gasteiger partial charge is 0.313 e. The summed E-state index contributed by atoms with van der Waals surface area (Å²) in [6.07, 6.45) is 0.390. The number of ether oxygens (including phenoxy) is 1. The highest BCUT2D eigenvalue weighted by atomic mass is 32.1. The summed E-state index contributed by atoms with van der Waals surface area (Å²) in [5, 5.41) is 13.5. The standard InChI is InChI=1S/C18H20N2O4S/c1-12-14(3-4-15(19-12)13-5-8-25-9-13)16(21)20-7-6-18(10-20,11-24-2)17(22)23/h3-5,8-9H,6-7,10-11H2,1-2H3,(H,22,23). The largest absolute Gasteiger partial charge is 0.481 e. The van der Waals surface area contributed by atoms with E-state index in [4.69, 9.17) is 4.74 Å². The molecule has 25 heavy (non-hydrogen) atoms. The SMILES string of the molecule is COCC1(C(=O)O)CCN(C(=O)c2ccc(-c3ccsc3)nc2C)C1. The number of aromatic nitrogens is 1. The minimum absolute atomic E-state index is 0.0977. The van der Waals surface area contributed by atoms with E-state index in [0.717, 1.165) is 11.3 Å². The van der Waals surface area contributed by atoms with E-state index in [1.54, 1.807) is 29.2 Å². The third-order valence-electron chi connectivity index (χ3n) is 4.65. The zero-order valence-corrected chi connectivity index (χ0v) is 15.0. The molecule has 1 fully saturated rings. The number of hydrogen-bond donors (Lipinski definition) is 1. The van der Waals surface area contributed by atoms with Crippen LogP contribution in [0.5, 0.6) is 0 Å². The summed E-state index contributed by atoms with van der Waals surface area (Å²) in [6.45, 7) is 2.46. The number of amides is 1. The lowest BCUT2D eigenvalue weighted by Gasteiger charge is -2.24. The molecule has 0 radical (unpaired) electrons. The van der Waals surface area contributed by atoms with Crippen molar-refractivity contribution in [1.82, 2.24) is 9.88 Å². The van der Waals surface area contributed by atoms with Crippen molar-refractivity contribution in [3.8, 4) is 11.3 Å². The van der Waals surface area contributed by atoms with Gasteiger partial charge in [0.15, 0.2) is 0 Å². The molecule has 0 bridgehead atoms. The highest BCUT2D eigenvalue weighted by molar-refractivity contribution is 7.08. The van der Waals surface area contributed by atoms with Crippen molar-refractivity contribution in [2.24, 2.45) is 5.41 Å². The molecular weight excluding hydrogens is 340 g/mol. The maximum absolute atomic E-state index is 12.8. The molecule has 1 N–H and O–H groups in total. The number of likely N-dealkylation sites (tertiary alicyclic amines) is 1. The van der Waals surface area contributed by atoms with Crippen molar-refractivity contribution in [2.45, 2.75) is 13.3 Å². The monoisotopic (exact) mass is 360 g/mol. The van der Waals surface area contributed by atoms with Crippen LogP contribution < -0.4 is 0 Å². The van der Waals surface area contributed by atoms with Crippen molar-refractivity contribution in [1.29, 1.82) is 0 Å². The molecule has 1 saturated heterocycles. The van der Waals surface area contributed by atoms with Crippen LogP contribution in [-0.4, -0.2) is 53.7 Å². The zero-order chi connectivity index (χ0) is 18.0. The Morgan fingerprint density at radius 1 is 1.40 bits per heavy atom. The molecule has 1 aliphatic rings. The molecule has 0 saturated carbocycles. The van der Waals surface area contributed by atoms with Gasteiger partial charge in [0.2, 0.25) is 0 Å². The normalized spacial score (nSPS) is 20.0. The number of pyridine rings is 1. The summed E-state index contributed by atoms with van der Waals surface area (Å²) in [5.41, 5.74) is 1.99. The highest BCUT2D eigenvalue weighted by Gasteiger charge is 2.46. The van der Waals surface area contributed by atoms with Gasteiger partial charge in [-0.1, -0.05) is 0 Å². The number of rotatable bonds is 5. The first-order chi connectivity index (χ1) is 12.0. The van der Waals surface area contributed by atoms with Gasteiger partial charge in [0.25, 0.3) is 5.91 Å². The van der Waals surface area contributed by atoms with E-state index < -0.39 is 11.4 Å². The van der Waals surface area contributed by atoms with E-state index in [-0.39, 0.29) is 19.1 Å². The van der Waals surface area contributed by atoms with Crippen LogP contribution in [0.2, 0.25) is 0 Å². The second-order valence-electron chi connectivity index (χ2n) is 6.34. The van der Waals surface area contributed by atoms with Gasteiger partial charge in [0.05, 0.1) is 23.6 Å². The first-order valence-electron chi connectivity index (χ1n) is 7.99. The van der Waals surface area contributed by atoms with Crippen molar-refractivity contribution < 1.29 is 19.4 Å². The predicted molar refractivity (Wildman–Crippen MR) is 94.8 cm³/mol. The molecule has 1 unspecified atom stereocenters. The number of aliphatic carboxylic acids is 1. The molecule has 7 heteroatoms. The van der Waals surface area contributed by atoms with Crippen LogP contribution in [-0.2, 0) is 9.53 Å². The number of carboxylic acid groups (broad SMARTS) is 1. The second kappa shape index (κ2) is 6.93. The number of carbonyl (C=O) groups excluding carboxylic acids is 1. The van der Waals surface area contributed by atoms with Crippen molar-refractivity contribution >= 4 is 23.2 Å².